The van der Waals surface area contributed by atoms with Crippen LogP contribution in [0, 0.1) is 0 Å². The Bertz CT molecular complexity index is 492. The van der Waals surface area contributed by atoms with Crippen molar-refractivity contribution in [3.8, 4) is 5.75 Å². The number of nitrogens with zero attached hydrogens (tertiary/aromatic N) is 1. The van der Waals surface area contributed by atoms with Gasteiger partial charge in [-0.05, 0) is 18.2 Å². The van der Waals surface area contributed by atoms with E-state index in [1.165, 1.54) is 0 Å². The number of hydrogen-bond acceptors (Lipinski definition) is 3. The summed E-state index contributed by atoms with van der Waals surface area (Å²) in [4.78, 5) is 0. The molecule has 0 bridgehead atoms. The number of nitrogens with two attached hydrogens (primary N) is 1. The highest BCUT2D eigenvalue weighted by molar-refractivity contribution is 5.79. The molecule has 1 aromatic rings. The van der Waals surface area contributed by atoms with Crippen LogP contribution in [-0.2, 0) is 12.4 Å². The molecule has 1 aromatic carbocycles. The predicted molar refractivity (Wildman–Crippen MR) is 60.0 cm³/mol. The zero-order chi connectivity index (χ0) is 16.3. The average Bonchev–Trinajstić information content (AvgIpc) is 2.36. The van der Waals surface area contributed by atoms with E-state index < -0.39 is 29.2 Å². The minimum Gasteiger partial charge on any atom is -0.493 e. The van der Waals surface area contributed by atoms with Crippen molar-refractivity contribution in [3.63, 3.8) is 0 Å². The highest BCUT2D eigenvalue weighted by atomic mass is 19.4. The van der Waals surface area contributed by atoms with Crippen LogP contribution in [-0.4, -0.2) is 17.6 Å². The van der Waals surface area contributed by atoms with Gasteiger partial charge in [0.25, 0.3) is 0 Å². The lowest BCUT2D eigenvalue weighted by Gasteiger charge is -2.14. The molecule has 0 saturated heterocycles. The van der Waals surface area contributed by atoms with E-state index in [1.807, 2.05) is 0 Å². The van der Waals surface area contributed by atoms with Crippen LogP contribution in [0.3, 0.4) is 0 Å². The molecular weight excluding hydrogens is 306 g/mol. The zero-order valence-electron chi connectivity index (χ0n) is 10.3. The normalized spacial score (nSPS) is 13.3. The second-order valence-electron chi connectivity index (χ2n) is 3.93. The maximum Gasteiger partial charge on any atom is 0.416 e. The standard InChI is InChI=1S/C11H10F6N2O2/c12-10(13,14)6-3-7(11(15,16)17)5-8(4-6)21-2-1-9(18)19-20/h3-5,20H,1-2H2,(H2,18,19). The number of halogens is 6. The Hall–Kier alpha value is -2.13. The lowest BCUT2D eigenvalue weighted by Crippen LogP contribution is -2.16. The first kappa shape index (κ1) is 16.9. The van der Waals surface area contributed by atoms with E-state index in [4.69, 9.17) is 15.7 Å². The fraction of sp³-hybridized carbons (Fsp3) is 0.364. The monoisotopic (exact) mass is 316 g/mol. The summed E-state index contributed by atoms with van der Waals surface area (Å²) in [5, 5.41) is 10.8. The number of amidine groups is 1. The Labute approximate surface area is 114 Å². The third kappa shape index (κ3) is 5.04. The third-order valence-electron chi connectivity index (χ3n) is 2.32. The molecule has 21 heavy (non-hydrogen) atoms. The predicted octanol–water partition coefficient (Wildman–Crippen LogP) is 3.24. The molecule has 10 heteroatoms. The smallest absolute Gasteiger partial charge is 0.416 e. The first-order chi connectivity index (χ1) is 9.54. The highest BCUT2D eigenvalue weighted by Crippen LogP contribution is 2.38. The van der Waals surface area contributed by atoms with Crippen LogP contribution in [0.1, 0.15) is 17.5 Å². The molecule has 118 valence electrons. The second-order valence-corrected chi connectivity index (χ2v) is 3.93. The molecule has 0 aliphatic heterocycles. The Kier molecular flexibility index (Phi) is 4.92. The highest BCUT2D eigenvalue weighted by Gasteiger charge is 2.37. The second kappa shape index (κ2) is 6.10. The zero-order valence-corrected chi connectivity index (χ0v) is 10.3. The average molecular weight is 316 g/mol. The maximum absolute atomic E-state index is 12.5. The summed E-state index contributed by atoms with van der Waals surface area (Å²) in [5.74, 6) is -0.874. The lowest BCUT2D eigenvalue weighted by atomic mass is 10.1. The van der Waals surface area contributed by atoms with E-state index >= 15 is 0 Å². The van der Waals surface area contributed by atoms with Gasteiger partial charge in [0, 0.05) is 6.42 Å². The van der Waals surface area contributed by atoms with Crippen molar-refractivity contribution in [3.05, 3.63) is 29.3 Å². The third-order valence-corrected chi connectivity index (χ3v) is 2.32. The van der Waals surface area contributed by atoms with Crippen LogP contribution in [0.15, 0.2) is 23.4 Å². The molecule has 0 spiro atoms. The molecule has 0 atom stereocenters. The summed E-state index contributed by atoms with van der Waals surface area (Å²) >= 11 is 0. The van der Waals surface area contributed by atoms with Crippen molar-refractivity contribution in [1.29, 1.82) is 0 Å². The Morgan fingerprint density at radius 1 is 1.05 bits per heavy atom. The fourth-order valence-electron chi connectivity index (χ4n) is 1.33. The maximum atomic E-state index is 12.5. The van der Waals surface area contributed by atoms with Crippen LogP contribution in [0.25, 0.3) is 0 Å². The van der Waals surface area contributed by atoms with E-state index in [9.17, 15) is 26.3 Å². The first-order valence-electron chi connectivity index (χ1n) is 5.42. The van der Waals surface area contributed by atoms with Gasteiger partial charge in [-0.25, -0.2) is 0 Å². The Morgan fingerprint density at radius 2 is 1.52 bits per heavy atom. The van der Waals surface area contributed by atoms with Gasteiger partial charge in [-0.15, -0.1) is 0 Å². The summed E-state index contributed by atoms with van der Waals surface area (Å²) in [7, 11) is 0. The quantitative estimate of drug-likeness (QED) is 0.295. The molecule has 0 amide bonds. The first-order valence-corrected chi connectivity index (χ1v) is 5.42. The SMILES string of the molecule is NC(CCOc1cc(C(F)(F)F)cc(C(F)(F)F)c1)=NO. The summed E-state index contributed by atoms with van der Waals surface area (Å²) in [5.41, 5.74) is 2.14. The van der Waals surface area contributed by atoms with Gasteiger partial charge in [0.15, 0.2) is 0 Å². The molecule has 0 aromatic heterocycles. The molecule has 0 heterocycles. The van der Waals surface area contributed by atoms with Crippen LogP contribution in [0.2, 0.25) is 0 Å². The number of alkyl halides is 6. The topological polar surface area (TPSA) is 67.8 Å². The van der Waals surface area contributed by atoms with Crippen molar-refractivity contribution in [1.82, 2.24) is 0 Å². The number of ether oxygens (including phenoxy) is 1. The number of benzene rings is 1. The minimum atomic E-state index is -4.94. The molecule has 0 aliphatic rings. The van der Waals surface area contributed by atoms with Gasteiger partial charge in [0.05, 0.1) is 17.7 Å². The van der Waals surface area contributed by atoms with Crippen LogP contribution in [0.4, 0.5) is 26.3 Å². The summed E-state index contributed by atoms with van der Waals surface area (Å²) < 4.78 is 80.1. The molecular formula is C11H10F6N2O2. The van der Waals surface area contributed by atoms with Gasteiger partial charge in [0.2, 0.25) is 0 Å². The molecule has 0 saturated carbocycles. The van der Waals surface area contributed by atoms with E-state index in [0.29, 0.717) is 12.1 Å². The van der Waals surface area contributed by atoms with Crippen molar-refractivity contribution in [2.75, 3.05) is 6.61 Å². The van der Waals surface area contributed by atoms with Gasteiger partial charge in [-0.3, -0.25) is 0 Å². The van der Waals surface area contributed by atoms with E-state index in [2.05, 4.69) is 5.16 Å². The van der Waals surface area contributed by atoms with E-state index in [1.54, 1.807) is 0 Å². The summed E-state index contributed by atoms with van der Waals surface area (Å²) in [6, 6.07) is 0.888. The molecule has 0 radical (unpaired) electrons. The van der Waals surface area contributed by atoms with Crippen LogP contribution < -0.4 is 10.5 Å². The minimum absolute atomic E-state index is 0.00357. The lowest BCUT2D eigenvalue weighted by molar-refractivity contribution is -0.143. The summed E-state index contributed by atoms with van der Waals surface area (Å²) in [6.45, 7) is -0.339. The molecule has 0 fully saturated rings. The molecule has 3 N–H and O–H groups in total. The van der Waals surface area contributed by atoms with Gasteiger partial charge in [-0.1, -0.05) is 5.16 Å². The molecule has 1 rings (SSSR count). The van der Waals surface area contributed by atoms with E-state index in [-0.39, 0.29) is 24.9 Å². The van der Waals surface area contributed by atoms with Gasteiger partial charge >= 0.3 is 12.4 Å². The number of rotatable bonds is 4. The van der Waals surface area contributed by atoms with Crippen molar-refractivity contribution in [2.24, 2.45) is 10.9 Å². The van der Waals surface area contributed by atoms with Gasteiger partial charge in [0.1, 0.15) is 11.6 Å². The van der Waals surface area contributed by atoms with Crippen LogP contribution in [0.5, 0.6) is 5.75 Å². The molecule has 4 nitrogen and oxygen atoms in total. The van der Waals surface area contributed by atoms with Crippen molar-refractivity contribution in [2.45, 2.75) is 18.8 Å². The van der Waals surface area contributed by atoms with Crippen LogP contribution >= 0.6 is 0 Å². The van der Waals surface area contributed by atoms with Gasteiger partial charge < -0.3 is 15.7 Å². The number of hydrogen-bond donors (Lipinski definition) is 2. The summed E-state index contributed by atoms with van der Waals surface area (Å²) in [6.07, 6.45) is -10.0. The van der Waals surface area contributed by atoms with Gasteiger partial charge in [-0.2, -0.15) is 26.3 Å². The Balaban J connectivity index is 3.03. The largest absolute Gasteiger partial charge is 0.493 e. The Morgan fingerprint density at radius 3 is 1.90 bits per heavy atom. The van der Waals surface area contributed by atoms with E-state index in [0.717, 1.165) is 0 Å². The molecule has 0 aliphatic carbocycles. The van der Waals surface area contributed by atoms with Crippen molar-refractivity contribution < 1.29 is 36.3 Å². The molecule has 0 unspecified atom stereocenters. The number of oxime groups is 1. The fourth-order valence-corrected chi connectivity index (χ4v) is 1.33. The van der Waals surface area contributed by atoms with Crippen molar-refractivity contribution >= 4 is 5.84 Å².